The van der Waals surface area contributed by atoms with Gasteiger partial charge in [-0.15, -0.1) is 0 Å². The van der Waals surface area contributed by atoms with E-state index in [1.54, 1.807) is 6.07 Å². The van der Waals surface area contributed by atoms with Crippen molar-refractivity contribution in [2.75, 3.05) is 6.61 Å². The summed E-state index contributed by atoms with van der Waals surface area (Å²) in [6, 6.07) is 11.4. The maximum absolute atomic E-state index is 13.7. The van der Waals surface area contributed by atoms with Crippen LogP contribution in [0.25, 0.3) is 11.0 Å². The van der Waals surface area contributed by atoms with Crippen LogP contribution in [0, 0.1) is 6.92 Å². The van der Waals surface area contributed by atoms with Crippen molar-refractivity contribution in [1.29, 1.82) is 0 Å². The third kappa shape index (κ3) is 6.77. The smallest absolute Gasteiger partial charge is 0.422 e. The Labute approximate surface area is 246 Å². The molecule has 0 aliphatic rings. The van der Waals surface area contributed by atoms with Gasteiger partial charge in [0.25, 0.3) is 20.1 Å². The fourth-order valence-corrected chi connectivity index (χ4v) is 7.87. The largest absolute Gasteiger partial charge is 0.609 e. The van der Waals surface area contributed by atoms with Crippen molar-refractivity contribution >= 4 is 71.9 Å². The van der Waals surface area contributed by atoms with Gasteiger partial charge in [0, 0.05) is 52.5 Å². The van der Waals surface area contributed by atoms with Crippen LogP contribution < -0.4 is 4.74 Å². The molecule has 0 saturated heterocycles. The molecule has 0 fully saturated rings. The van der Waals surface area contributed by atoms with Gasteiger partial charge in [-0.25, -0.2) is 8.42 Å². The zero-order valence-electron chi connectivity index (χ0n) is 20.3. The van der Waals surface area contributed by atoms with E-state index in [1.807, 2.05) is 0 Å². The van der Waals surface area contributed by atoms with Gasteiger partial charge in [0.05, 0.1) is 16.7 Å². The average Bonchev–Trinajstić information content (AvgIpc) is 3.24. The van der Waals surface area contributed by atoms with E-state index in [4.69, 9.17) is 4.74 Å². The van der Waals surface area contributed by atoms with Crippen LogP contribution >= 0.6 is 0 Å². The van der Waals surface area contributed by atoms with E-state index in [-0.39, 0.29) is 57.6 Å². The van der Waals surface area contributed by atoms with E-state index >= 15 is 0 Å². The number of ether oxygens (including phenoxy) is 1. The first-order valence-corrected chi connectivity index (χ1v) is 14.7. The summed E-state index contributed by atoms with van der Waals surface area (Å²) in [5.74, 6) is -0.596. The predicted molar refractivity (Wildman–Crippen MR) is 135 cm³/mol. The molecule has 1 unspecified atom stereocenters. The zero-order valence-corrected chi connectivity index (χ0v) is 24.7. The maximum Gasteiger partial charge on any atom is 0.422 e. The molecule has 39 heavy (non-hydrogen) atoms. The Morgan fingerprint density at radius 3 is 2.28 bits per heavy atom. The number of hydrogen-bond donors (Lipinski definition) is 1. The normalized spacial score (nSPS) is 13.2. The Morgan fingerprint density at radius 2 is 1.64 bits per heavy atom. The summed E-state index contributed by atoms with van der Waals surface area (Å²) in [4.78, 5) is 6.56. The summed E-state index contributed by atoms with van der Waals surface area (Å²) in [7, 11) is -9.76. The summed E-state index contributed by atoms with van der Waals surface area (Å²) in [5.41, 5.74) is 0.327. The molecule has 0 bridgehead atoms. The Kier molecular flexibility index (Phi) is 9.44. The van der Waals surface area contributed by atoms with Crippen molar-refractivity contribution in [3.05, 3.63) is 72.1 Å². The van der Waals surface area contributed by atoms with Gasteiger partial charge in [-0.05, 0) is 37.3 Å². The summed E-state index contributed by atoms with van der Waals surface area (Å²) >= 11 is -2.25. The molecule has 4 aromatic rings. The number of benzene rings is 2. The molecule has 0 aliphatic heterocycles. The van der Waals surface area contributed by atoms with Gasteiger partial charge in [-0.3, -0.25) is 9.54 Å². The standard InChI is InChI=1S/C22H18F3N3O7S3.Na/c1-14-16(26-11-10-18(14)35-13-22(23,24)25)12-36(29)21-27-15-6-2-3-7-17(15)28(21)37(30,31)19-8-4-5-9-20(19)38(32,33)34;/h2-11H,12-13H2,1H3,(H,32,33,34);. The molecule has 17 heteroatoms. The Balaban J connectivity index is 0.00000420. The van der Waals surface area contributed by atoms with Crippen molar-refractivity contribution in [3.8, 4) is 5.75 Å². The third-order valence-corrected chi connectivity index (χ3v) is 9.39. The molecular formula is C22H18F3N3NaO7S3. The second kappa shape index (κ2) is 11.7. The number of aromatic nitrogens is 3. The van der Waals surface area contributed by atoms with Gasteiger partial charge in [0.2, 0.25) is 0 Å². The van der Waals surface area contributed by atoms with Crippen molar-refractivity contribution in [2.24, 2.45) is 0 Å². The molecule has 10 nitrogen and oxygen atoms in total. The summed E-state index contributed by atoms with van der Waals surface area (Å²) in [6.07, 6.45) is -3.43. The number of para-hydroxylation sites is 2. The Morgan fingerprint density at radius 1 is 1.03 bits per heavy atom. The Hall–Kier alpha value is -2.18. The van der Waals surface area contributed by atoms with Gasteiger partial charge in [0.1, 0.15) is 15.5 Å². The minimum atomic E-state index is -4.96. The van der Waals surface area contributed by atoms with Crippen molar-refractivity contribution < 1.29 is 43.8 Å². The maximum atomic E-state index is 13.7. The fourth-order valence-electron chi connectivity index (χ4n) is 3.54. The first-order valence-electron chi connectivity index (χ1n) is 10.5. The molecule has 1 N–H and O–H groups in total. The summed E-state index contributed by atoms with van der Waals surface area (Å²) in [6.45, 7) is -0.144. The van der Waals surface area contributed by atoms with E-state index in [1.165, 1.54) is 43.3 Å². The molecule has 0 spiro atoms. The van der Waals surface area contributed by atoms with E-state index in [0.717, 1.165) is 18.3 Å². The minimum Gasteiger partial charge on any atom is -0.609 e. The van der Waals surface area contributed by atoms with Crippen LogP contribution in [0.2, 0.25) is 0 Å². The number of alkyl halides is 3. The number of halogens is 3. The van der Waals surface area contributed by atoms with Gasteiger partial charge < -0.3 is 9.29 Å². The van der Waals surface area contributed by atoms with Crippen molar-refractivity contribution in [1.82, 2.24) is 13.9 Å². The second-order valence-electron chi connectivity index (χ2n) is 7.85. The van der Waals surface area contributed by atoms with Crippen LogP contribution in [0.15, 0.2) is 75.7 Å². The Bertz CT molecular complexity index is 1730. The number of pyridine rings is 1. The van der Waals surface area contributed by atoms with Gasteiger partial charge in [-0.1, -0.05) is 24.3 Å². The SMILES string of the molecule is Cc1c(OCC(F)(F)F)ccnc1C[S+]([O-])c1nc2ccccc2n1S(=O)(=O)c1ccccc1S(=O)(=O)O.[Na]. The van der Waals surface area contributed by atoms with Crippen LogP contribution in [0.4, 0.5) is 13.2 Å². The zero-order chi connectivity index (χ0) is 27.9. The monoisotopic (exact) mass is 612 g/mol. The molecule has 2 aromatic carbocycles. The van der Waals surface area contributed by atoms with Crippen LogP contribution in [0.5, 0.6) is 5.75 Å². The number of imidazole rings is 1. The van der Waals surface area contributed by atoms with Crippen LogP contribution in [0.1, 0.15) is 11.3 Å². The molecule has 0 aliphatic carbocycles. The molecule has 1 atom stereocenters. The number of rotatable bonds is 8. The van der Waals surface area contributed by atoms with Crippen LogP contribution in [-0.4, -0.2) is 82.2 Å². The van der Waals surface area contributed by atoms with Crippen molar-refractivity contribution in [2.45, 2.75) is 33.8 Å². The molecule has 2 aromatic heterocycles. The predicted octanol–water partition coefficient (Wildman–Crippen LogP) is 3.09. The van der Waals surface area contributed by atoms with Gasteiger partial charge >= 0.3 is 11.3 Å². The molecule has 203 valence electrons. The van der Waals surface area contributed by atoms with Crippen LogP contribution in [-0.2, 0) is 37.1 Å². The summed E-state index contributed by atoms with van der Waals surface area (Å²) < 4.78 is 118. The average molecular weight is 613 g/mol. The van der Waals surface area contributed by atoms with E-state index in [2.05, 4.69) is 9.97 Å². The number of nitrogens with zero attached hydrogens (tertiary/aromatic N) is 3. The van der Waals surface area contributed by atoms with E-state index in [9.17, 15) is 39.1 Å². The van der Waals surface area contributed by atoms with E-state index in [0.29, 0.717) is 3.97 Å². The summed E-state index contributed by atoms with van der Waals surface area (Å²) in [5, 5.41) is -0.487. The first kappa shape index (κ1) is 31.3. The third-order valence-electron chi connectivity index (χ3n) is 5.26. The molecule has 2 heterocycles. The first-order chi connectivity index (χ1) is 17.7. The molecule has 0 amide bonds. The van der Waals surface area contributed by atoms with Crippen molar-refractivity contribution in [3.63, 3.8) is 0 Å². The van der Waals surface area contributed by atoms with Crippen LogP contribution in [0.3, 0.4) is 0 Å². The fraction of sp³-hybridized carbons (Fsp3) is 0.182. The molecular weight excluding hydrogens is 594 g/mol. The quantitative estimate of drug-likeness (QED) is 0.180. The number of hydrogen-bond acceptors (Lipinski definition) is 8. The second-order valence-corrected chi connectivity index (χ2v) is 12.3. The molecule has 1 radical (unpaired) electrons. The number of fused-ring (bicyclic) bond motifs is 1. The molecule has 4 rings (SSSR count). The van der Waals surface area contributed by atoms with Gasteiger partial charge in [0.15, 0.2) is 12.4 Å². The topological polar surface area (TPSA) is 152 Å². The minimum absolute atomic E-state index is 0. The van der Waals surface area contributed by atoms with E-state index < -0.39 is 64.8 Å². The van der Waals surface area contributed by atoms with Gasteiger partial charge in [-0.2, -0.15) is 30.5 Å². The molecule has 0 saturated carbocycles.